The Kier molecular flexibility index (Phi) is 4.53. The molecule has 3 nitrogen and oxygen atoms in total. The van der Waals surface area contributed by atoms with E-state index in [0.29, 0.717) is 6.61 Å². The number of nitrogens with zero attached hydrogens (tertiary/aromatic N) is 1. The molecule has 18 heavy (non-hydrogen) atoms. The fraction of sp³-hybridized carbons (Fsp3) is 0.400. The minimum absolute atomic E-state index is 0.120. The predicted molar refractivity (Wildman–Crippen MR) is 70.5 cm³/mol. The zero-order valence-corrected chi connectivity index (χ0v) is 10.5. The third kappa shape index (κ3) is 3.20. The highest BCUT2D eigenvalue weighted by molar-refractivity contribution is 5.83. The van der Waals surface area contributed by atoms with Gasteiger partial charge in [-0.2, -0.15) is 0 Å². The summed E-state index contributed by atoms with van der Waals surface area (Å²) in [7, 11) is 0. The largest absolute Gasteiger partial charge is 0.272 e. The van der Waals surface area contributed by atoms with E-state index in [4.69, 9.17) is 4.84 Å². The van der Waals surface area contributed by atoms with E-state index in [1.54, 1.807) is 0 Å². The van der Waals surface area contributed by atoms with Crippen molar-refractivity contribution in [3.63, 3.8) is 0 Å². The highest BCUT2D eigenvalue weighted by Crippen LogP contribution is 2.24. The van der Waals surface area contributed by atoms with Crippen LogP contribution in [-0.4, -0.2) is 17.5 Å². The molecule has 1 amide bonds. The second-order valence-electron chi connectivity index (χ2n) is 4.57. The fourth-order valence-electron chi connectivity index (χ4n) is 2.03. The van der Waals surface area contributed by atoms with Crippen molar-refractivity contribution >= 4 is 5.91 Å². The molecule has 0 aromatic heterocycles. The van der Waals surface area contributed by atoms with Crippen LogP contribution in [0.5, 0.6) is 0 Å². The predicted octanol–water partition coefficient (Wildman–Crippen LogP) is 2.93. The van der Waals surface area contributed by atoms with Crippen LogP contribution >= 0.6 is 0 Å². The molecular weight excluding hydrogens is 226 g/mol. The number of benzene rings is 1. The van der Waals surface area contributed by atoms with Crippen LogP contribution in [0.25, 0.3) is 0 Å². The monoisotopic (exact) mass is 245 g/mol. The van der Waals surface area contributed by atoms with E-state index in [1.165, 1.54) is 5.06 Å². The lowest BCUT2D eigenvalue weighted by Gasteiger charge is -2.37. The standard InChI is InChI=1S/C15H19NO2/c1-2-3-5-10-14-11-16(15(14)17)18-12-13-8-6-4-7-9-13/h2,4,6-9,14H,1,3,5,10-12H2/t14-/m1/s1. The van der Waals surface area contributed by atoms with Crippen LogP contribution in [0.2, 0.25) is 0 Å². The summed E-state index contributed by atoms with van der Waals surface area (Å²) in [6, 6.07) is 9.88. The molecule has 0 unspecified atom stereocenters. The number of hydrogen-bond acceptors (Lipinski definition) is 2. The Bertz CT molecular complexity index is 402. The first-order valence-corrected chi connectivity index (χ1v) is 6.40. The second kappa shape index (κ2) is 6.36. The van der Waals surface area contributed by atoms with Gasteiger partial charge in [0.15, 0.2) is 0 Å². The summed E-state index contributed by atoms with van der Waals surface area (Å²) in [4.78, 5) is 17.2. The molecule has 1 atom stereocenters. The number of rotatable bonds is 7. The summed E-state index contributed by atoms with van der Waals surface area (Å²) in [5.74, 6) is 0.274. The van der Waals surface area contributed by atoms with Crippen LogP contribution in [0.15, 0.2) is 43.0 Å². The molecule has 0 radical (unpaired) electrons. The average Bonchev–Trinajstić information content (AvgIpc) is 2.42. The van der Waals surface area contributed by atoms with Crippen LogP contribution in [0.3, 0.4) is 0 Å². The smallest absolute Gasteiger partial charge is 0.251 e. The molecule has 1 fully saturated rings. The Morgan fingerprint density at radius 3 is 2.83 bits per heavy atom. The molecule has 3 heteroatoms. The number of unbranched alkanes of at least 4 members (excludes halogenated alkanes) is 1. The Balaban J connectivity index is 1.68. The van der Waals surface area contributed by atoms with Gasteiger partial charge in [0.2, 0.25) is 0 Å². The van der Waals surface area contributed by atoms with Gasteiger partial charge in [-0.05, 0) is 24.8 Å². The zero-order chi connectivity index (χ0) is 12.8. The molecule has 0 bridgehead atoms. The molecule has 1 saturated heterocycles. The Labute approximate surface area is 108 Å². The normalized spacial score (nSPS) is 18.6. The molecule has 2 rings (SSSR count). The maximum Gasteiger partial charge on any atom is 0.251 e. The minimum atomic E-state index is 0.120. The molecule has 1 aliphatic heterocycles. The third-order valence-electron chi connectivity index (χ3n) is 3.17. The van der Waals surface area contributed by atoms with Crippen LogP contribution < -0.4 is 0 Å². The summed E-state index contributed by atoms with van der Waals surface area (Å²) >= 11 is 0. The first kappa shape index (κ1) is 12.8. The Morgan fingerprint density at radius 2 is 2.17 bits per heavy atom. The van der Waals surface area contributed by atoms with Gasteiger partial charge in [0, 0.05) is 0 Å². The molecule has 0 spiro atoms. The van der Waals surface area contributed by atoms with Gasteiger partial charge in [0.25, 0.3) is 5.91 Å². The summed E-state index contributed by atoms with van der Waals surface area (Å²) in [6.45, 7) is 4.87. The van der Waals surface area contributed by atoms with Crippen molar-refractivity contribution in [1.29, 1.82) is 0 Å². The van der Waals surface area contributed by atoms with Gasteiger partial charge >= 0.3 is 0 Å². The molecule has 0 aliphatic carbocycles. The molecule has 96 valence electrons. The van der Waals surface area contributed by atoms with Crippen molar-refractivity contribution in [2.24, 2.45) is 5.92 Å². The van der Waals surface area contributed by atoms with Gasteiger partial charge < -0.3 is 0 Å². The van der Waals surface area contributed by atoms with Crippen molar-refractivity contribution in [1.82, 2.24) is 5.06 Å². The summed E-state index contributed by atoms with van der Waals surface area (Å²) in [5, 5.41) is 1.48. The Morgan fingerprint density at radius 1 is 1.39 bits per heavy atom. The van der Waals surface area contributed by atoms with Crippen molar-refractivity contribution in [2.75, 3.05) is 6.54 Å². The van der Waals surface area contributed by atoms with E-state index in [1.807, 2.05) is 36.4 Å². The van der Waals surface area contributed by atoms with E-state index in [-0.39, 0.29) is 11.8 Å². The van der Waals surface area contributed by atoms with Gasteiger partial charge in [-0.15, -0.1) is 6.58 Å². The van der Waals surface area contributed by atoms with Gasteiger partial charge in [-0.1, -0.05) is 36.4 Å². The number of amides is 1. The minimum Gasteiger partial charge on any atom is -0.272 e. The lowest BCUT2D eigenvalue weighted by molar-refractivity contribution is -0.226. The van der Waals surface area contributed by atoms with Crippen molar-refractivity contribution < 1.29 is 9.63 Å². The number of hydrogen-bond donors (Lipinski definition) is 0. The molecule has 1 heterocycles. The van der Waals surface area contributed by atoms with Gasteiger partial charge in [0.05, 0.1) is 12.5 Å². The third-order valence-corrected chi connectivity index (χ3v) is 3.17. The van der Waals surface area contributed by atoms with Crippen molar-refractivity contribution in [3.8, 4) is 0 Å². The van der Waals surface area contributed by atoms with E-state index >= 15 is 0 Å². The molecule has 1 aromatic rings. The summed E-state index contributed by atoms with van der Waals surface area (Å²) in [6.07, 6.45) is 4.85. The van der Waals surface area contributed by atoms with Crippen LogP contribution in [-0.2, 0) is 16.2 Å². The molecule has 0 saturated carbocycles. The van der Waals surface area contributed by atoms with E-state index in [0.717, 1.165) is 31.4 Å². The topological polar surface area (TPSA) is 29.5 Å². The number of β-lactam (4-membered cyclic amide) rings is 1. The van der Waals surface area contributed by atoms with E-state index < -0.39 is 0 Å². The maximum atomic E-state index is 11.8. The van der Waals surface area contributed by atoms with Crippen molar-refractivity contribution in [3.05, 3.63) is 48.6 Å². The molecule has 1 aliphatic rings. The van der Waals surface area contributed by atoms with E-state index in [2.05, 4.69) is 6.58 Å². The Hall–Kier alpha value is -1.61. The highest BCUT2D eigenvalue weighted by Gasteiger charge is 2.36. The van der Waals surface area contributed by atoms with Crippen molar-refractivity contribution in [2.45, 2.75) is 25.9 Å². The van der Waals surface area contributed by atoms with E-state index in [9.17, 15) is 4.79 Å². The first-order chi connectivity index (χ1) is 8.81. The number of allylic oxidation sites excluding steroid dienone is 1. The summed E-state index contributed by atoms with van der Waals surface area (Å²) in [5.41, 5.74) is 1.08. The van der Waals surface area contributed by atoms with Gasteiger partial charge in [0.1, 0.15) is 6.61 Å². The second-order valence-corrected chi connectivity index (χ2v) is 4.57. The van der Waals surface area contributed by atoms with Gasteiger partial charge in [-0.3, -0.25) is 9.63 Å². The first-order valence-electron chi connectivity index (χ1n) is 6.40. The lowest BCUT2D eigenvalue weighted by Crippen LogP contribution is -2.51. The van der Waals surface area contributed by atoms with Crippen LogP contribution in [0, 0.1) is 5.92 Å². The lowest BCUT2D eigenvalue weighted by atomic mass is 9.95. The highest BCUT2D eigenvalue weighted by atomic mass is 16.7. The zero-order valence-electron chi connectivity index (χ0n) is 10.5. The number of hydroxylamine groups is 2. The quantitative estimate of drug-likeness (QED) is 0.420. The van der Waals surface area contributed by atoms with Crippen LogP contribution in [0.1, 0.15) is 24.8 Å². The maximum absolute atomic E-state index is 11.8. The summed E-state index contributed by atoms with van der Waals surface area (Å²) < 4.78 is 0. The van der Waals surface area contributed by atoms with Gasteiger partial charge in [-0.25, -0.2) is 5.06 Å². The van der Waals surface area contributed by atoms with Crippen LogP contribution in [0.4, 0.5) is 0 Å². The fourth-order valence-corrected chi connectivity index (χ4v) is 2.03. The number of carbonyl (C=O) groups excluding carboxylic acids is 1. The number of carbonyl (C=O) groups is 1. The molecule has 1 aromatic carbocycles. The average molecular weight is 245 g/mol. The SMILES string of the molecule is C=CCCC[C@@H]1CN(OCc2ccccc2)C1=O. The molecular formula is C15H19NO2. The molecule has 0 N–H and O–H groups in total.